The molecule has 23 heavy (non-hydrogen) atoms. The van der Waals surface area contributed by atoms with Crippen molar-refractivity contribution in [2.24, 2.45) is 4.99 Å². The van der Waals surface area contributed by atoms with Crippen LogP contribution in [0.25, 0.3) is 6.08 Å². The zero-order chi connectivity index (χ0) is 16.4. The largest absolute Gasteiger partial charge is 0.402 e. The zero-order valence-electron chi connectivity index (χ0n) is 11.5. The van der Waals surface area contributed by atoms with E-state index in [1.165, 1.54) is 36.5 Å². The first-order chi connectivity index (χ1) is 11.0. The highest BCUT2D eigenvalue weighted by Crippen LogP contribution is 2.21. The van der Waals surface area contributed by atoms with E-state index in [2.05, 4.69) is 25.9 Å². The molecule has 0 saturated heterocycles. The molecular weight excluding hydrogens is 366 g/mol. The molecule has 1 aromatic carbocycles. The van der Waals surface area contributed by atoms with Crippen LogP contribution in [0.1, 0.15) is 11.1 Å². The monoisotopic (exact) mass is 373 g/mol. The number of nitro benzene ring substituents is 1. The number of non-ortho nitro benzene ring substituents is 1. The second kappa shape index (κ2) is 6.09. The Morgan fingerprint density at radius 1 is 1.22 bits per heavy atom. The summed E-state index contributed by atoms with van der Waals surface area (Å²) in [7, 11) is 0. The van der Waals surface area contributed by atoms with Gasteiger partial charge in [0.2, 0.25) is 5.90 Å². The van der Waals surface area contributed by atoms with E-state index in [4.69, 9.17) is 4.74 Å². The van der Waals surface area contributed by atoms with E-state index < -0.39 is 10.9 Å². The van der Waals surface area contributed by atoms with E-state index in [1.807, 2.05) is 0 Å². The third kappa shape index (κ3) is 3.32. The van der Waals surface area contributed by atoms with Gasteiger partial charge in [0.15, 0.2) is 5.70 Å². The van der Waals surface area contributed by atoms with Crippen molar-refractivity contribution in [1.82, 2.24) is 4.98 Å². The lowest BCUT2D eigenvalue weighted by Gasteiger charge is -1.98. The summed E-state index contributed by atoms with van der Waals surface area (Å²) in [6.07, 6.45) is 4.64. The fourth-order valence-corrected chi connectivity index (χ4v) is 2.28. The molecule has 1 aromatic heterocycles. The first-order valence-corrected chi connectivity index (χ1v) is 7.20. The van der Waals surface area contributed by atoms with Crippen molar-refractivity contribution in [2.75, 3.05) is 0 Å². The Bertz CT molecular complexity index is 859. The lowest BCUT2D eigenvalue weighted by molar-refractivity contribution is -0.384. The highest BCUT2D eigenvalue weighted by molar-refractivity contribution is 9.10. The minimum atomic E-state index is -0.585. The SMILES string of the molecule is O=C1OC(c2cncc(Br)c2)=N/C1=C/c1ccc([N+](=O)[O-])cc1. The molecule has 7 nitrogen and oxygen atoms in total. The van der Waals surface area contributed by atoms with E-state index >= 15 is 0 Å². The second-order valence-corrected chi connectivity index (χ2v) is 5.49. The third-order valence-electron chi connectivity index (χ3n) is 2.98. The fraction of sp³-hybridized carbons (Fsp3) is 0. The maximum Gasteiger partial charge on any atom is 0.363 e. The average Bonchev–Trinajstić information content (AvgIpc) is 2.89. The van der Waals surface area contributed by atoms with Crippen LogP contribution in [0.2, 0.25) is 0 Å². The van der Waals surface area contributed by atoms with Gasteiger partial charge < -0.3 is 4.74 Å². The maximum atomic E-state index is 11.9. The van der Waals surface area contributed by atoms with Crippen molar-refractivity contribution in [1.29, 1.82) is 0 Å². The third-order valence-corrected chi connectivity index (χ3v) is 3.41. The zero-order valence-corrected chi connectivity index (χ0v) is 13.1. The van der Waals surface area contributed by atoms with Crippen LogP contribution in [0, 0.1) is 10.1 Å². The van der Waals surface area contributed by atoms with Crippen LogP contribution < -0.4 is 0 Å². The predicted molar refractivity (Wildman–Crippen MR) is 85.6 cm³/mol. The number of carbonyl (C=O) groups is 1. The first kappa shape index (κ1) is 15.0. The molecule has 0 N–H and O–H groups in total. The Hall–Kier alpha value is -2.87. The molecule has 0 aliphatic carbocycles. The number of hydrogen-bond donors (Lipinski definition) is 0. The number of hydrogen-bond acceptors (Lipinski definition) is 6. The number of rotatable bonds is 3. The number of aliphatic imine (C=N–C) groups is 1. The van der Waals surface area contributed by atoms with Gasteiger partial charge in [-0.15, -0.1) is 0 Å². The smallest absolute Gasteiger partial charge is 0.363 e. The molecule has 114 valence electrons. The lowest BCUT2D eigenvalue weighted by atomic mass is 10.2. The molecule has 1 aliphatic rings. The minimum Gasteiger partial charge on any atom is -0.402 e. The second-order valence-electron chi connectivity index (χ2n) is 4.58. The molecule has 0 fully saturated rings. The van der Waals surface area contributed by atoms with Gasteiger partial charge in [-0.05, 0) is 45.8 Å². The summed E-state index contributed by atoms with van der Waals surface area (Å²) < 4.78 is 5.86. The molecule has 3 rings (SSSR count). The molecule has 0 atom stereocenters. The summed E-state index contributed by atoms with van der Waals surface area (Å²) in [6, 6.07) is 7.51. The van der Waals surface area contributed by atoms with Crippen molar-refractivity contribution in [2.45, 2.75) is 0 Å². The maximum absolute atomic E-state index is 11.9. The minimum absolute atomic E-state index is 0.0226. The van der Waals surface area contributed by atoms with Crippen LogP contribution in [0.5, 0.6) is 0 Å². The van der Waals surface area contributed by atoms with E-state index in [0.717, 1.165) is 4.47 Å². The number of nitro groups is 1. The highest BCUT2D eigenvalue weighted by Gasteiger charge is 2.24. The van der Waals surface area contributed by atoms with E-state index in [9.17, 15) is 14.9 Å². The average molecular weight is 374 g/mol. The summed E-state index contributed by atoms with van der Waals surface area (Å²) in [5.74, 6) is -0.421. The van der Waals surface area contributed by atoms with Crippen molar-refractivity contribution in [3.8, 4) is 0 Å². The number of carbonyl (C=O) groups excluding carboxylic acids is 1. The van der Waals surface area contributed by atoms with Gasteiger partial charge in [-0.3, -0.25) is 15.1 Å². The number of halogens is 1. The molecule has 1 aliphatic heterocycles. The number of esters is 1. The van der Waals surface area contributed by atoms with Crippen molar-refractivity contribution in [3.05, 3.63) is 74.1 Å². The molecule has 2 heterocycles. The van der Waals surface area contributed by atoms with Gasteiger partial charge in [0, 0.05) is 29.0 Å². The van der Waals surface area contributed by atoms with Crippen LogP contribution in [-0.2, 0) is 9.53 Å². The van der Waals surface area contributed by atoms with E-state index in [1.54, 1.807) is 12.3 Å². The fourth-order valence-electron chi connectivity index (χ4n) is 1.91. The molecule has 0 spiro atoms. The molecule has 0 unspecified atom stereocenters. The Labute approximate surface area is 138 Å². The van der Waals surface area contributed by atoms with Crippen LogP contribution >= 0.6 is 15.9 Å². The Balaban J connectivity index is 1.90. The molecular formula is C15H8BrN3O4. The number of cyclic esters (lactones) is 1. The molecule has 2 aromatic rings. The number of aromatic nitrogens is 1. The van der Waals surface area contributed by atoms with E-state index in [0.29, 0.717) is 11.1 Å². The van der Waals surface area contributed by atoms with Gasteiger partial charge >= 0.3 is 5.97 Å². The summed E-state index contributed by atoms with van der Waals surface area (Å²) >= 11 is 3.28. The van der Waals surface area contributed by atoms with Crippen LogP contribution in [0.4, 0.5) is 5.69 Å². The van der Waals surface area contributed by atoms with E-state index in [-0.39, 0.29) is 17.3 Å². The summed E-state index contributed by atoms with van der Waals surface area (Å²) in [5, 5.41) is 10.6. The van der Waals surface area contributed by atoms with Gasteiger partial charge in [-0.25, -0.2) is 9.79 Å². The first-order valence-electron chi connectivity index (χ1n) is 6.41. The van der Waals surface area contributed by atoms with Crippen molar-refractivity contribution in [3.63, 3.8) is 0 Å². The van der Waals surface area contributed by atoms with Crippen LogP contribution in [0.3, 0.4) is 0 Å². The molecule has 0 saturated carbocycles. The van der Waals surface area contributed by atoms with Gasteiger partial charge in [0.25, 0.3) is 5.69 Å². The molecule has 0 radical (unpaired) electrons. The van der Waals surface area contributed by atoms with Crippen molar-refractivity contribution >= 4 is 39.6 Å². The normalized spacial score (nSPS) is 15.4. The Morgan fingerprint density at radius 2 is 1.96 bits per heavy atom. The summed E-state index contributed by atoms with van der Waals surface area (Å²) in [4.78, 5) is 30.1. The standard InChI is InChI=1S/C15H8BrN3O4/c16-11-6-10(7-17-8-11)14-18-13(15(20)23-14)5-9-1-3-12(4-2-9)19(21)22/h1-8H/b13-5+. The summed E-state index contributed by atoms with van der Waals surface area (Å²) in [6.45, 7) is 0. The molecule has 8 heteroatoms. The Kier molecular flexibility index (Phi) is 3.98. The quantitative estimate of drug-likeness (QED) is 0.356. The number of pyridine rings is 1. The molecule has 0 amide bonds. The Morgan fingerprint density at radius 3 is 2.61 bits per heavy atom. The van der Waals surface area contributed by atoms with Gasteiger partial charge in [-0.1, -0.05) is 0 Å². The molecule has 0 bridgehead atoms. The highest BCUT2D eigenvalue weighted by atomic mass is 79.9. The number of nitrogens with zero attached hydrogens (tertiary/aromatic N) is 3. The van der Waals surface area contributed by atoms with Gasteiger partial charge in [0.05, 0.1) is 10.5 Å². The number of ether oxygens (including phenoxy) is 1. The number of benzene rings is 1. The van der Waals surface area contributed by atoms with Gasteiger partial charge in [-0.2, -0.15) is 0 Å². The lowest BCUT2D eigenvalue weighted by Crippen LogP contribution is -2.05. The van der Waals surface area contributed by atoms with Gasteiger partial charge in [0.1, 0.15) is 0 Å². The van der Waals surface area contributed by atoms with Crippen LogP contribution in [-0.4, -0.2) is 21.8 Å². The van der Waals surface area contributed by atoms with Crippen LogP contribution in [0.15, 0.2) is 57.9 Å². The van der Waals surface area contributed by atoms with Crippen molar-refractivity contribution < 1.29 is 14.5 Å². The predicted octanol–water partition coefficient (Wildman–Crippen LogP) is 3.10. The summed E-state index contributed by atoms with van der Waals surface area (Å²) in [5.41, 5.74) is 1.28. The topological polar surface area (TPSA) is 94.7 Å².